The maximum Gasteiger partial charge on any atom is 0.0126 e. The van der Waals surface area contributed by atoms with Crippen molar-refractivity contribution in [2.75, 3.05) is 0 Å². The minimum absolute atomic E-state index is 0.356. The maximum atomic E-state index is 2.56. The molecule has 0 nitrogen and oxygen atoms in total. The van der Waals surface area contributed by atoms with Gasteiger partial charge in [0.25, 0.3) is 0 Å². The summed E-state index contributed by atoms with van der Waals surface area (Å²) >= 11 is 0. The number of rotatable bonds is 2. The highest BCUT2D eigenvalue weighted by atomic mass is 14.5. The van der Waals surface area contributed by atoms with Crippen molar-refractivity contribution in [3.8, 4) is 0 Å². The van der Waals surface area contributed by atoms with Crippen molar-refractivity contribution in [3.63, 3.8) is 0 Å². The molecule has 4 rings (SSSR count). The second-order valence-electron chi connectivity index (χ2n) is 8.26. The summed E-state index contributed by atoms with van der Waals surface area (Å²) in [6.45, 7) is 9.55. The molecule has 3 atom stereocenters. The van der Waals surface area contributed by atoms with Gasteiger partial charge in [0.2, 0.25) is 0 Å². The Morgan fingerprint density at radius 3 is 2.82 bits per heavy atom. The quantitative estimate of drug-likeness (QED) is 0.573. The summed E-state index contributed by atoms with van der Waals surface area (Å²) in [7, 11) is 0. The number of hydrogen-bond acceptors (Lipinski definition) is 0. The summed E-state index contributed by atoms with van der Waals surface area (Å²) in [5, 5.41) is 0. The second kappa shape index (κ2) is 4.85. The molecule has 0 heteroatoms. The summed E-state index contributed by atoms with van der Waals surface area (Å²) in [4.78, 5) is 0. The fraction of sp³-hybridized carbons (Fsp3) is 0.545. The Balaban J connectivity index is 1.85. The summed E-state index contributed by atoms with van der Waals surface area (Å²) < 4.78 is 0. The summed E-state index contributed by atoms with van der Waals surface area (Å²) in [6.07, 6.45) is 17.3. The van der Waals surface area contributed by atoms with Crippen LogP contribution in [0.1, 0.15) is 53.4 Å². The first-order valence-electron chi connectivity index (χ1n) is 9.02. The predicted molar refractivity (Wildman–Crippen MR) is 94.5 cm³/mol. The molecule has 116 valence electrons. The average molecular weight is 292 g/mol. The fourth-order valence-electron chi connectivity index (χ4n) is 5.00. The van der Waals surface area contributed by atoms with Crippen molar-refractivity contribution < 1.29 is 0 Å². The lowest BCUT2D eigenvalue weighted by atomic mass is 9.57. The molecule has 0 fully saturated rings. The molecule has 0 saturated carbocycles. The van der Waals surface area contributed by atoms with E-state index in [2.05, 4.69) is 58.1 Å². The molecule has 0 aliphatic heterocycles. The Bertz CT molecular complexity index is 660. The lowest BCUT2D eigenvalue weighted by Crippen LogP contribution is -2.36. The Morgan fingerprint density at radius 2 is 2.05 bits per heavy atom. The van der Waals surface area contributed by atoms with Crippen molar-refractivity contribution in [1.29, 1.82) is 0 Å². The highest BCUT2D eigenvalue weighted by Crippen LogP contribution is 2.56. The first kappa shape index (κ1) is 14.3. The predicted octanol–water partition coefficient (Wildman–Crippen LogP) is 6.15. The SMILES string of the molecule is CCC(C)(C)C1C=CC2=C3C1=CCC1=CC=C(C)C(CC2)C13. The van der Waals surface area contributed by atoms with Gasteiger partial charge >= 0.3 is 0 Å². The van der Waals surface area contributed by atoms with E-state index in [4.69, 9.17) is 0 Å². The fourth-order valence-corrected chi connectivity index (χ4v) is 5.00. The molecule has 3 unspecified atom stereocenters. The Hall–Kier alpha value is -1.30. The van der Waals surface area contributed by atoms with Gasteiger partial charge in [0.15, 0.2) is 0 Å². The minimum atomic E-state index is 0.356. The molecule has 0 aromatic rings. The van der Waals surface area contributed by atoms with Gasteiger partial charge in [-0.1, -0.05) is 68.7 Å². The summed E-state index contributed by atoms with van der Waals surface area (Å²) in [5.41, 5.74) is 8.64. The van der Waals surface area contributed by atoms with Gasteiger partial charge in [-0.2, -0.15) is 0 Å². The van der Waals surface area contributed by atoms with E-state index in [1.807, 2.05) is 0 Å². The normalized spacial score (nSPS) is 33.1. The van der Waals surface area contributed by atoms with Crippen LogP contribution in [0.4, 0.5) is 0 Å². The van der Waals surface area contributed by atoms with Gasteiger partial charge in [0.05, 0.1) is 0 Å². The number of allylic oxidation sites excluding steroid dienone is 10. The first-order valence-corrected chi connectivity index (χ1v) is 9.02. The van der Waals surface area contributed by atoms with E-state index in [1.165, 1.54) is 25.7 Å². The molecular formula is C22H28. The standard InChI is InChI=1S/C22H28/c1-5-22(3,4)19-13-10-16-8-11-17-14(2)6-7-15-9-12-18(19)21(16)20(15)17/h6-7,10,12-13,17,19-20H,5,8-9,11H2,1-4H3. The van der Waals surface area contributed by atoms with Crippen LogP contribution in [0.2, 0.25) is 0 Å². The zero-order valence-corrected chi connectivity index (χ0v) is 14.4. The Kier molecular flexibility index (Phi) is 3.15. The van der Waals surface area contributed by atoms with Crippen LogP contribution >= 0.6 is 0 Å². The molecule has 0 N–H and O–H groups in total. The molecule has 0 aromatic heterocycles. The van der Waals surface area contributed by atoms with E-state index >= 15 is 0 Å². The van der Waals surface area contributed by atoms with Gasteiger partial charge in [-0.3, -0.25) is 0 Å². The van der Waals surface area contributed by atoms with E-state index < -0.39 is 0 Å². The molecular weight excluding hydrogens is 264 g/mol. The lowest BCUT2D eigenvalue weighted by Gasteiger charge is -2.47. The lowest BCUT2D eigenvalue weighted by molar-refractivity contribution is 0.271. The molecule has 0 aromatic carbocycles. The van der Waals surface area contributed by atoms with E-state index in [-0.39, 0.29) is 0 Å². The molecule has 0 saturated heterocycles. The van der Waals surface area contributed by atoms with Crippen molar-refractivity contribution in [2.24, 2.45) is 23.2 Å². The third kappa shape index (κ3) is 1.89. The minimum Gasteiger partial charge on any atom is -0.0763 e. The van der Waals surface area contributed by atoms with Crippen LogP contribution in [-0.2, 0) is 0 Å². The first-order chi connectivity index (χ1) is 10.5. The van der Waals surface area contributed by atoms with E-state index in [0.717, 1.165) is 5.92 Å². The van der Waals surface area contributed by atoms with Gasteiger partial charge in [0.1, 0.15) is 0 Å². The van der Waals surface area contributed by atoms with Gasteiger partial charge in [0, 0.05) is 11.8 Å². The molecule has 0 radical (unpaired) electrons. The highest BCUT2D eigenvalue weighted by molar-refractivity contribution is 5.58. The van der Waals surface area contributed by atoms with Crippen LogP contribution in [0.3, 0.4) is 0 Å². The Morgan fingerprint density at radius 1 is 1.23 bits per heavy atom. The van der Waals surface area contributed by atoms with Crippen LogP contribution in [-0.4, -0.2) is 0 Å². The second-order valence-corrected chi connectivity index (χ2v) is 8.26. The molecule has 0 amide bonds. The smallest absolute Gasteiger partial charge is 0.0126 e. The third-order valence-corrected chi connectivity index (χ3v) is 6.78. The zero-order chi connectivity index (χ0) is 15.5. The topological polar surface area (TPSA) is 0 Å². The van der Waals surface area contributed by atoms with Crippen LogP contribution in [0.5, 0.6) is 0 Å². The van der Waals surface area contributed by atoms with Gasteiger partial charge in [-0.25, -0.2) is 0 Å². The molecule has 22 heavy (non-hydrogen) atoms. The van der Waals surface area contributed by atoms with Gasteiger partial charge in [-0.15, -0.1) is 0 Å². The highest BCUT2D eigenvalue weighted by Gasteiger charge is 2.43. The van der Waals surface area contributed by atoms with Crippen LogP contribution < -0.4 is 0 Å². The average Bonchev–Trinajstić information content (AvgIpc) is 2.54. The summed E-state index contributed by atoms with van der Waals surface area (Å²) in [5.74, 6) is 2.05. The number of hydrogen-bond donors (Lipinski definition) is 0. The summed E-state index contributed by atoms with van der Waals surface area (Å²) in [6, 6.07) is 0. The van der Waals surface area contributed by atoms with Crippen LogP contribution in [0, 0.1) is 23.2 Å². The van der Waals surface area contributed by atoms with Crippen molar-refractivity contribution in [2.45, 2.75) is 53.4 Å². The van der Waals surface area contributed by atoms with Gasteiger partial charge < -0.3 is 0 Å². The molecule has 4 aliphatic carbocycles. The van der Waals surface area contributed by atoms with E-state index in [9.17, 15) is 0 Å². The van der Waals surface area contributed by atoms with Gasteiger partial charge in [-0.05, 0) is 54.2 Å². The maximum absolute atomic E-state index is 2.56. The van der Waals surface area contributed by atoms with Crippen molar-refractivity contribution >= 4 is 0 Å². The van der Waals surface area contributed by atoms with E-state index in [1.54, 1.807) is 27.9 Å². The third-order valence-electron chi connectivity index (χ3n) is 6.78. The van der Waals surface area contributed by atoms with Crippen LogP contribution in [0.25, 0.3) is 0 Å². The monoisotopic (exact) mass is 292 g/mol. The van der Waals surface area contributed by atoms with Crippen molar-refractivity contribution in [3.05, 3.63) is 58.2 Å². The van der Waals surface area contributed by atoms with Crippen molar-refractivity contribution in [1.82, 2.24) is 0 Å². The van der Waals surface area contributed by atoms with Crippen LogP contribution in [0.15, 0.2) is 58.2 Å². The molecule has 0 spiro atoms. The zero-order valence-electron chi connectivity index (χ0n) is 14.4. The Labute approximate surface area is 135 Å². The van der Waals surface area contributed by atoms with E-state index in [0.29, 0.717) is 17.3 Å². The molecule has 0 bridgehead atoms. The molecule has 0 heterocycles. The largest absolute Gasteiger partial charge is 0.0763 e. The molecule has 4 aliphatic rings.